The molecule has 0 fully saturated rings. The zero-order valence-electron chi connectivity index (χ0n) is 20.7. The minimum absolute atomic E-state index is 0.0392. The van der Waals surface area contributed by atoms with Crippen molar-refractivity contribution in [3.05, 3.63) is 33.8 Å². The van der Waals surface area contributed by atoms with Crippen LogP contribution >= 0.6 is 11.3 Å². The number of aryl methyl sites for hydroxylation is 1. The van der Waals surface area contributed by atoms with Crippen LogP contribution in [0.5, 0.6) is 0 Å². The molecule has 0 aromatic carbocycles. The Morgan fingerprint density at radius 3 is 2.58 bits per heavy atom. The second-order valence-electron chi connectivity index (χ2n) is 9.86. The number of cyclic esters (lactones) is 1. The van der Waals surface area contributed by atoms with E-state index in [1.165, 1.54) is 0 Å². The molecule has 1 aliphatic rings. The highest BCUT2D eigenvalue weighted by Gasteiger charge is 2.42. The van der Waals surface area contributed by atoms with E-state index in [1.807, 2.05) is 38.3 Å². The molecule has 0 bridgehead atoms. The van der Waals surface area contributed by atoms with Crippen molar-refractivity contribution >= 4 is 29.2 Å². The molecule has 0 radical (unpaired) electrons. The first-order valence-electron chi connectivity index (χ1n) is 11.8. The number of hydrogen-bond acceptors (Lipinski definition) is 7. The van der Waals surface area contributed by atoms with Crippen molar-refractivity contribution < 1.29 is 24.5 Å². The number of carbonyl (C=O) groups is 2. The van der Waals surface area contributed by atoms with Gasteiger partial charge in [0.05, 0.1) is 34.7 Å². The molecule has 0 saturated heterocycles. The van der Waals surface area contributed by atoms with Gasteiger partial charge in [-0.3, -0.25) is 9.59 Å². The molecule has 1 aliphatic heterocycles. The molecule has 6 nitrogen and oxygen atoms in total. The first kappa shape index (κ1) is 27.4. The van der Waals surface area contributed by atoms with Gasteiger partial charge in [-0.25, -0.2) is 4.98 Å². The van der Waals surface area contributed by atoms with Crippen molar-refractivity contribution in [3.8, 4) is 0 Å². The third-order valence-corrected chi connectivity index (χ3v) is 7.47. The average Bonchev–Trinajstić information content (AvgIpc) is 3.16. The summed E-state index contributed by atoms with van der Waals surface area (Å²) in [5.41, 5.74) is 0.513. The topological polar surface area (TPSA) is 96.7 Å². The van der Waals surface area contributed by atoms with Gasteiger partial charge in [-0.05, 0) is 50.7 Å². The fraction of sp³-hybridized carbons (Fsp3) is 0.654. The monoisotopic (exact) mass is 477 g/mol. The molecule has 1 aromatic heterocycles. The van der Waals surface area contributed by atoms with Gasteiger partial charge in [0.1, 0.15) is 11.9 Å². The first-order valence-corrected chi connectivity index (χ1v) is 12.7. The maximum Gasteiger partial charge on any atom is 0.309 e. The second-order valence-corrected chi connectivity index (χ2v) is 10.9. The molecule has 0 unspecified atom stereocenters. The molecule has 184 valence electrons. The van der Waals surface area contributed by atoms with E-state index in [2.05, 4.69) is 11.1 Å². The van der Waals surface area contributed by atoms with Crippen LogP contribution in [0.1, 0.15) is 77.4 Å². The molecule has 0 saturated carbocycles. The Balaban J connectivity index is 2.27. The van der Waals surface area contributed by atoms with Crippen molar-refractivity contribution in [2.45, 2.75) is 92.0 Å². The summed E-state index contributed by atoms with van der Waals surface area (Å²) in [4.78, 5) is 30.3. The van der Waals surface area contributed by atoms with Crippen molar-refractivity contribution in [2.24, 2.45) is 17.3 Å². The molecule has 33 heavy (non-hydrogen) atoms. The number of esters is 1. The van der Waals surface area contributed by atoms with Crippen LogP contribution in [0.3, 0.4) is 0 Å². The van der Waals surface area contributed by atoms with Gasteiger partial charge in [0.15, 0.2) is 0 Å². The molecule has 2 heterocycles. The summed E-state index contributed by atoms with van der Waals surface area (Å²) in [6.45, 7) is 10.8. The summed E-state index contributed by atoms with van der Waals surface area (Å²) in [5.74, 6) is -1.48. The summed E-state index contributed by atoms with van der Waals surface area (Å²) in [5, 5.41) is 24.4. The average molecular weight is 478 g/mol. The zero-order chi connectivity index (χ0) is 24.8. The lowest BCUT2D eigenvalue weighted by Crippen LogP contribution is -2.45. The van der Waals surface area contributed by atoms with E-state index in [4.69, 9.17) is 4.74 Å². The van der Waals surface area contributed by atoms with Gasteiger partial charge >= 0.3 is 5.97 Å². The molecule has 5 atom stereocenters. The van der Waals surface area contributed by atoms with Crippen LogP contribution in [0.25, 0.3) is 6.08 Å². The van der Waals surface area contributed by atoms with Gasteiger partial charge in [-0.1, -0.05) is 39.8 Å². The number of aromatic nitrogens is 1. The normalized spacial score (nSPS) is 31.8. The van der Waals surface area contributed by atoms with E-state index in [0.29, 0.717) is 6.42 Å². The maximum atomic E-state index is 13.1. The van der Waals surface area contributed by atoms with Gasteiger partial charge in [0.2, 0.25) is 0 Å². The number of Topliss-reactive ketones (excluding diaryl/α,β-unsaturated/α-hetero) is 1. The molecular formula is C26H39NO5S. The van der Waals surface area contributed by atoms with Crippen LogP contribution in [0, 0.1) is 24.2 Å². The van der Waals surface area contributed by atoms with Crippen LogP contribution in [0.4, 0.5) is 0 Å². The van der Waals surface area contributed by atoms with Crippen LogP contribution in [0.2, 0.25) is 0 Å². The summed E-state index contributed by atoms with van der Waals surface area (Å²) in [6, 6.07) is 0. The summed E-state index contributed by atoms with van der Waals surface area (Å²) in [7, 11) is 0. The zero-order valence-corrected chi connectivity index (χ0v) is 21.5. The predicted molar refractivity (Wildman–Crippen MR) is 132 cm³/mol. The van der Waals surface area contributed by atoms with Crippen molar-refractivity contribution in [3.63, 3.8) is 0 Å². The molecule has 2 rings (SSSR count). The lowest BCUT2D eigenvalue weighted by Gasteiger charge is -2.34. The standard InChI is InChI=1S/C26H39NO5S/c1-16-11-9-7-8-10-12-21(17(2)13-20-15-33-19(4)27-20)32-23(29)14-22(28)26(5,6)25(31)18(3)24(16)30/h8,10,13,15-16,18,21-22,24,28,30H,7,9,11-12,14H2,1-6H3/b10-8-,17-13+/t16-,18-,21+,22+,24+/m1/s1. The summed E-state index contributed by atoms with van der Waals surface area (Å²) >= 11 is 1.56. The number of ether oxygens (including phenoxy) is 1. The minimum atomic E-state index is -1.21. The van der Waals surface area contributed by atoms with Gasteiger partial charge in [-0.15, -0.1) is 11.3 Å². The second kappa shape index (κ2) is 12.0. The fourth-order valence-electron chi connectivity index (χ4n) is 4.18. The third-order valence-electron chi connectivity index (χ3n) is 6.68. The molecule has 7 heteroatoms. The lowest BCUT2D eigenvalue weighted by molar-refractivity contribution is -0.154. The number of aliphatic hydroxyl groups is 2. The van der Waals surface area contributed by atoms with Gasteiger partial charge in [0, 0.05) is 17.7 Å². The third kappa shape index (κ3) is 7.59. The Kier molecular flexibility index (Phi) is 10.0. The highest BCUT2D eigenvalue weighted by atomic mass is 32.1. The minimum Gasteiger partial charge on any atom is -0.457 e. The Bertz CT molecular complexity index is 872. The van der Waals surface area contributed by atoms with Crippen molar-refractivity contribution in [1.82, 2.24) is 4.98 Å². The Morgan fingerprint density at radius 2 is 1.94 bits per heavy atom. The van der Waals surface area contributed by atoms with E-state index in [-0.39, 0.29) is 18.1 Å². The molecular weight excluding hydrogens is 438 g/mol. The van der Waals surface area contributed by atoms with Gasteiger partial charge in [-0.2, -0.15) is 0 Å². The number of hydrogen-bond donors (Lipinski definition) is 2. The van der Waals surface area contributed by atoms with Crippen LogP contribution < -0.4 is 0 Å². The summed E-state index contributed by atoms with van der Waals surface area (Å²) < 4.78 is 5.75. The van der Waals surface area contributed by atoms with Gasteiger partial charge < -0.3 is 14.9 Å². The lowest BCUT2D eigenvalue weighted by atomic mass is 9.73. The molecule has 0 aliphatic carbocycles. The Labute approximate surface area is 201 Å². The Hall–Kier alpha value is -1.83. The van der Waals surface area contributed by atoms with Crippen LogP contribution in [-0.4, -0.2) is 45.3 Å². The molecule has 0 amide bonds. The number of carbonyl (C=O) groups excluding carboxylic acids is 2. The number of thiazole rings is 1. The van der Waals surface area contributed by atoms with Crippen molar-refractivity contribution in [1.29, 1.82) is 0 Å². The highest BCUT2D eigenvalue weighted by Crippen LogP contribution is 2.32. The largest absolute Gasteiger partial charge is 0.457 e. The number of nitrogens with zero attached hydrogens (tertiary/aromatic N) is 1. The number of allylic oxidation sites excluding steroid dienone is 1. The smallest absolute Gasteiger partial charge is 0.309 e. The van der Waals surface area contributed by atoms with Crippen LogP contribution in [0.15, 0.2) is 23.1 Å². The SMILES string of the molecule is C/C(=C\c1csc(C)n1)[C@@H]1C/C=C\CCC[C@@H](C)[C@H](O)[C@@H](C)C(=O)C(C)(C)[C@@H](O)CC(=O)O1. The fourth-order valence-corrected chi connectivity index (χ4v) is 4.75. The predicted octanol–water partition coefficient (Wildman–Crippen LogP) is 4.88. The molecule has 2 N–H and O–H groups in total. The van der Waals surface area contributed by atoms with E-state index >= 15 is 0 Å². The number of aliphatic hydroxyl groups excluding tert-OH is 2. The molecule has 0 spiro atoms. The summed E-state index contributed by atoms with van der Waals surface area (Å²) in [6.07, 6.45) is 6.28. The van der Waals surface area contributed by atoms with E-state index in [9.17, 15) is 19.8 Å². The van der Waals surface area contributed by atoms with E-state index in [1.54, 1.807) is 32.1 Å². The van der Waals surface area contributed by atoms with Crippen molar-refractivity contribution in [2.75, 3.05) is 0 Å². The maximum absolute atomic E-state index is 13.1. The van der Waals surface area contributed by atoms with E-state index in [0.717, 1.165) is 35.5 Å². The number of ketones is 1. The van der Waals surface area contributed by atoms with Crippen LogP contribution in [-0.2, 0) is 14.3 Å². The quantitative estimate of drug-likeness (QED) is 0.466. The highest BCUT2D eigenvalue weighted by molar-refractivity contribution is 7.09. The van der Waals surface area contributed by atoms with Gasteiger partial charge in [0.25, 0.3) is 0 Å². The molecule has 1 aromatic rings. The first-order chi connectivity index (χ1) is 15.4. The van der Waals surface area contributed by atoms with E-state index < -0.39 is 35.6 Å². The number of rotatable bonds is 2. The Morgan fingerprint density at radius 1 is 1.24 bits per heavy atom.